The van der Waals surface area contributed by atoms with E-state index in [2.05, 4.69) is 31.1 Å². The fourth-order valence-electron chi connectivity index (χ4n) is 2.39. The lowest BCUT2D eigenvalue weighted by Crippen LogP contribution is -2.49. The number of halogens is 1. The van der Waals surface area contributed by atoms with Gasteiger partial charge < -0.3 is 15.0 Å². The molecule has 1 aromatic rings. The molecule has 21 heavy (non-hydrogen) atoms. The molecule has 2 heterocycles. The van der Waals surface area contributed by atoms with Gasteiger partial charge in [-0.15, -0.1) is 0 Å². The average molecular weight is 295 g/mol. The van der Waals surface area contributed by atoms with Crippen LogP contribution in [0.25, 0.3) is 0 Å². The van der Waals surface area contributed by atoms with Crippen molar-refractivity contribution in [2.75, 3.05) is 24.6 Å². The number of ether oxygens (including phenoxy) is 1. The van der Waals surface area contributed by atoms with Crippen LogP contribution in [0.15, 0.2) is 12.3 Å². The van der Waals surface area contributed by atoms with E-state index in [1.54, 1.807) is 12.3 Å². The first-order chi connectivity index (χ1) is 9.68. The maximum Gasteiger partial charge on any atom is 0.170 e. The lowest BCUT2D eigenvalue weighted by molar-refractivity contribution is -0.0280. The number of rotatable bonds is 3. The topological polar surface area (TPSA) is 37.4 Å². The average Bonchev–Trinajstić information content (AvgIpc) is 2.35. The monoisotopic (exact) mass is 295 g/mol. The Bertz CT molecular complexity index is 497. The lowest BCUT2D eigenvalue weighted by atomic mass is 10.1. The van der Waals surface area contributed by atoms with Crippen molar-refractivity contribution in [2.45, 2.75) is 52.3 Å². The molecule has 0 aromatic carbocycles. The van der Waals surface area contributed by atoms with Gasteiger partial charge in [0.2, 0.25) is 0 Å². The zero-order valence-corrected chi connectivity index (χ0v) is 13.7. The molecule has 0 aliphatic carbocycles. The Labute approximate surface area is 126 Å². The molecular formula is C16H26FN3O. The smallest absolute Gasteiger partial charge is 0.170 e. The number of nitrogens with zero attached hydrogens (tertiary/aromatic N) is 2. The first kappa shape index (κ1) is 16.2. The molecule has 1 aliphatic rings. The van der Waals surface area contributed by atoms with Crippen LogP contribution >= 0.6 is 0 Å². The van der Waals surface area contributed by atoms with Crippen molar-refractivity contribution in [3.05, 3.63) is 23.6 Å². The van der Waals surface area contributed by atoms with Crippen molar-refractivity contribution in [3.8, 4) is 0 Å². The molecule has 118 valence electrons. The van der Waals surface area contributed by atoms with Crippen molar-refractivity contribution < 1.29 is 9.13 Å². The van der Waals surface area contributed by atoms with Crippen LogP contribution in [0, 0.1) is 5.82 Å². The molecule has 1 N–H and O–H groups in total. The van der Waals surface area contributed by atoms with Gasteiger partial charge in [0.05, 0.1) is 12.2 Å². The second-order valence-corrected chi connectivity index (χ2v) is 7.24. The highest BCUT2D eigenvalue weighted by atomic mass is 19.1. The van der Waals surface area contributed by atoms with Crippen molar-refractivity contribution in [1.29, 1.82) is 0 Å². The summed E-state index contributed by atoms with van der Waals surface area (Å²) < 4.78 is 20.4. The van der Waals surface area contributed by atoms with Crippen molar-refractivity contribution in [2.24, 2.45) is 0 Å². The van der Waals surface area contributed by atoms with E-state index in [1.807, 2.05) is 18.7 Å². The van der Waals surface area contributed by atoms with Gasteiger partial charge in [-0.2, -0.15) is 0 Å². The van der Waals surface area contributed by atoms with Crippen LogP contribution < -0.4 is 10.2 Å². The third kappa shape index (κ3) is 4.38. The Morgan fingerprint density at radius 2 is 2.14 bits per heavy atom. The minimum Gasteiger partial charge on any atom is -0.372 e. The number of anilines is 1. The van der Waals surface area contributed by atoms with Crippen LogP contribution in [0.2, 0.25) is 0 Å². The van der Waals surface area contributed by atoms with E-state index in [0.29, 0.717) is 37.6 Å². The molecule has 0 unspecified atom stereocenters. The molecular weight excluding hydrogens is 269 g/mol. The van der Waals surface area contributed by atoms with E-state index in [0.717, 1.165) is 0 Å². The largest absolute Gasteiger partial charge is 0.372 e. The summed E-state index contributed by atoms with van der Waals surface area (Å²) >= 11 is 0. The predicted octanol–water partition coefficient (Wildman–Crippen LogP) is 2.72. The molecule has 1 fully saturated rings. The second-order valence-electron chi connectivity index (χ2n) is 7.24. The molecule has 0 bridgehead atoms. The third-order valence-electron chi connectivity index (χ3n) is 3.49. The number of hydrogen-bond acceptors (Lipinski definition) is 4. The molecule has 0 atom stereocenters. The highest BCUT2D eigenvalue weighted by molar-refractivity contribution is 5.44. The van der Waals surface area contributed by atoms with E-state index >= 15 is 0 Å². The normalized spacial score (nSPS) is 18.9. The fraction of sp³-hybridized carbons (Fsp3) is 0.688. The van der Waals surface area contributed by atoms with Gasteiger partial charge in [-0.3, -0.25) is 0 Å². The van der Waals surface area contributed by atoms with Crippen LogP contribution in [0.3, 0.4) is 0 Å². The summed E-state index contributed by atoms with van der Waals surface area (Å²) in [5, 5.41) is 3.31. The summed E-state index contributed by atoms with van der Waals surface area (Å²) in [6.45, 7) is 12.6. The molecule has 5 heteroatoms. The Morgan fingerprint density at radius 3 is 2.76 bits per heavy atom. The number of nitrogens with one attached hydrogen (secondary N) is 1. The lowest BCUT2D eigenvalue weighted by Gasteiger charge is -2.39. The maximum atomic E-state index is 14.7. The highest BCUT2D eigenvalue weighted by Crippen LogP contribution is 2.25. The molecule has 1 aliphatic heterocycles. The SMILES string of the molecule is CC(C)(C)NCc1ccnc(N2CCOC(C)(C)C2)c1F. The zero-order chi connectivity index (χ0) is 15.7. The molecule has 0 amide bonds. The fourth-order valence-corrected chi connectivity index (χ4v) is 2.39. The number of pyridine rings is 1. The summed E-state index contributed by atoms with van der Waals surface area (Å²) in [5.41, 5.74) is 0.335. The Kier molecular flexibility index (Phi) is 4.54. The summed E-state index contributed by atoms with van der Waals surface area (Å²) in [4.78, 5) is 6.21. The van der Waals surface area contributed by atoms with E-state index in [4.69, 9.17) is 4.74 Å². The Morgan fingerprint density at radius 1 is 1.43 bits per heavy atom. The second kappa shape index (κ2) is 5.89. The van der Waals surface area contributed by atoms with Gasteiger partial charge in [-0.1, -0.05) is 0 Å². The molecule has 0 spiro atoms. The van der Waals surface area contributed by atoms with Gasteiger partial charge in [-0.05, 0) is 40.7 Å². The van der Waals surface area contributed by atoms with Gasteiger partial charge in [-0.25, -0.2) is 9.37 Å². The van der Waals surface area contributed by atoms with Crippen LogP contribution in [0.4, 0.5) is 10.2 Å². The van der Waals surface area contributed by atoms with E-state index in [1.165, 1.54) is 0 Å². The van der Waals surface area contributed by atoms with E-state index in [9.17, 15) is 4.39 Å². The Balaban J connectivity index is 2.17. The summed E-state index contributed by atoms with van der Waals surface area (Å²) in [6.07, 6.45) is 1.68. The van der Waals surface area contributed by atoms with Crippen molar-refractivity contribution in [1.82, 2.24) is 10.3 Å². The zero-order valence-electron chi connectivity index (χ0n) is 13.7. The van der Waals surface area contributed by atoms with Gasteiger partial charge >= 0.3 is 0 Å². The first-order valence-corrected chi connectivity index (χ1v) is 7.45. The standard InChI is InChI=1S/C16H26FN3O/c1-15(2,3)19-10-12-6-7-18-14(13(12)17)20-8-9-21-16(4,5)11-20/h6-7,19H,8-11H2,1-5H3. The van der Waals surface area contributed by atoms with Crippen molar-refractivity contribution in [3.63, 3.8) is 0 Å². The number of hydrogen-bond donors (Lipinski definition) is 1. The van der Waals surface area contributed by atoms with Crippen LogP contribution in [-0.2, 0) is 11.3 Å². The summed E-state index contributed by atoms with van der Waals surface area (Å²) in [6, 6.07) is 1.74. The van der Waals surface area contributed by atoms with Crippen LogP contribution in [0.1, 0.15) is 40.2 Å². The van der Waals surface area contributed by atoms with Gasteiger partial charge in [0.1, 0.15) is 0 Å². The maximum absolute atomic E-state index is 14.7. The predicted molar refractivity (Wildman–Crippen MR) is 83.0 cm³/mol. The molecule has 0 radical (unpaired) electrons. The minimum atomic E-state index is -0.272. The highest BCUT2D eigenvalue weighted by Gasteiger charge is 2.29. The van der Waals surface area contributed by atoms with Gasteiger partial charge in [0.15, 0.2) is 11.6 Å². The molecule has 0 saturated carbocycles. The summed E-state index contributed by atoms with van der Waals surface area (Å²) in [5.74, 6) is 0.200. The van der Waals surface area contributed by atoms with Crippen molar-refractivity contribution >= 4 is 5.82 Å². The molecule has 1 aromatic heterocycles. The van der Waals surface area contributed by atoms with Crippen LogP contribution in [-0.4, -0.2) is 35.8 Å². The molecule has 4 nitrogen and oxygen atoms in total. The quantitative estimate of drug-likeness (QED) is 0.930. The number of morpholine rings is 1. The van der Waals surface area contributed by atoms with Crippen LogP contribution in [0.5, 0.6) is 0 Å². The van der Waals surface area contributed by atoms with Gasteiger partial charge in [0.25, 0.3) is 0 Å². The summed E-state index contributed by atoms with van der Waals surface area (Å²) in [7, 11) is 0. The van der Waals surface area contributed by atoms with Gasteiger partial charge in [0, 0.05) is 36.9 Å². The molecule has 2 rings (SSSR count). The molecule has 1 saturated heterocycles. The van der Waals surface area contributed by atoms with E-state index < -0.39 is 0 Å². The van der Waals surface area contributed by atoms with E-state index in [-0.39, 0.29) is 17.0 Å². The number of aromatic nitrogens is 1. The first-order valence-electron chi connectivity index (χ1n) is 7.45. The third-order valence-corrected chi connectivity index (χ3v) is 3.49. The minimum absolute atomic E-state index is 0.0448. The Hall–Kier alpha value is -1.20.